The molecule has 0 aromatic heterocycles. The molecule has 0 amide bonds. The molecule has 1 aliphatic carbocycles. The number of rotatable bonds is 5. The molecule has 0 radical (unpaired) electrons. The summed E-state index contributed by atoms with van der Waals surface area (Å²) in [6.45, 7) is 3.91. The maximum atomic E-state index is 12.1. The molecule has 5 heteroatoms. The molecule has 0 N–H and O–H groups in total. The molecule has 1 rings (SSSR count). The zero-order valence-corrected chi connectivity index (χ0v) is 11.0. The molecule has 15 heavy (non-hydrogen) atoms. The first-order valence-corrected chi connectivity index (χ1v) is 7.60. The lowest BCUT2D eigenvalue weighted by Gasteiger charge is -2.29. The molecule has 0 spiro atoms. The van der Waals surface area contributed by atoms with Gasteiger partial charge >= 0.3 is 0 Å². The van der Waals surface area contributed by atoms with E-state index in [0.29, 0.717) is 12.4 Å². The van der Waals surface area contributed by atoms with Gasteiger partial charge in [0.1, 0.15) is 0 Å². The van der Waals surface area contributed by atoms with E-state index >= 15 is 0 Å². The number of hydrogen-bond donors (Lipinski definition) is 0. The number of hydrogen-bond acceptors (Lipinski definition) is 2. The van der Waals surface area contributed by atoms with Crippen molar-refractivity contribution in [2.75, 3.05) is 12.4 Å². The van der Waals surface area contributed by atoms with E-state index in [1.54, 1.807) is 18.2 Å². The lowest BCUT2D eigenvalue weighted by Crippen LogP contribution is -2.43. The standard InChI is InChI=1S/C10H20ClNO2S/c1-9(2)15(13,14)12(8-7-11)10-5-3-4-6-10/h9-10H,3-8H2,1-2H3. The van der Waals surface area contributed by atoms with Crippen LogP contribution < -0.4 is 0 Å². The molecule has 0 aromatic rings. The van der Waals surface area contributed by atoms with Crippen LogP contribution in [0.3, 0.4) is 0 Å². The van der Waals surface area contributed by atoms with Gasteiger partial charge in [-0.15, -0.1) is 11.6 Å². The van der Waals surface area contributed by atoms with Crippen molar-refractivity contribution in [3.63, 3.8) is 0 Å². The van der Waals surface area contributed by atoms with Crippen molar-refractivity contribution in [1.82, 2.24) is 4.31 Å². The highest BCUT2D eigenvalue weighted by molar-refractivity contribution is 7.89. The Morgan fingerprint density at radius 1 is 1.33 bits per heavy atom. The van der Waals surface area contributed by atoms with Gasteiger partial charge in [-0.2, -0.15) is 4.31 Å². The minimum absolute atomic E-state index is 0.191. The van der Waals surface area contributed by atoms with Crippen LogP contribution in [0.2, 0.25) is 0 Å². The van der Waals surface area contributed by atoms with Crippen molar-refractivity contribution in [3.8, 4) is 0 Å². The maximum absolute atomic E-state index is 12.1. The van der Waals surface area contributed by atoms with Gasteiger partial charge in [0.2, 0.25) is 10.0 Å². The first-order valence-electron chi connectivity index (χ1n) is 5.56. The predicted molar refractivity (Wildman–Crippen MR) is 63.7 cm³/mol. The molecule has 0 heterocycles. The molecule has 0 aliphatic heterocycles. The van der Waals surface area contributed by atoms with Crippen LogP contribution in [0, 0.1) is 0 Å². The van der Waals surface area contributed by atoms with E-state index in [9.17, 15) is 8.42 Å². The molecular formula is C10H20ClNO2S. The summed E-state index contributed by atoms with van der Waals surface area (Å²) in [4.78, 5) is 0. The lowest BCUT2D eigenvalue weighted by atomic mass is 10.2. The Morgan fingerprint density at radius 3 is 2.27 bits per heavy atom. The van der Waals surface area contributed by atoms with Crippen LogP contribution >= 0.6 is 11.6 Å². The first-order chi connectivity index (χ1) is 7.00. The van der Waals surface area contributed by atoms with Crippen LogP contribution in [0.1, 0.15) is 39.5 Å². The van der Waals surface area contributed by atoms with Gasteiger partial charge < -0.3 is 0 Å². The second-order valence-electron chi connectivity index (χ2n) is 4.33. The van der Waals surface area contributed by atoms with Crippen LogP contribution in [-0.2, 0) is 10.0 Å². The van der Waals surface area contributed by atoms with E-state index in [1.165, 1.54) is 0 Å². The monoisotopic (exact) mass is 253 g/mol. The van der Waals surface area contributed by atoms with Gasteiger partial charge in [0.15, 0.2) is 0 Å². The summed E-state index contributed by atoms with van der Waals surface area (Å²) in [6, 6.07) is 0.191. The third kappa shape index (κ3) is 3.08. The third-order valence-electron chi connectivity index (χ3n) is 2.96. The first kappa shape index (κ1) is 13.3. The Hall–Kier alpha value is 0.200. The molecular weight excluding hydrogens is 234 g/mol. The van der Waals surface area contributed by atoms with Gasteiger partial charge in [-0.1, -0.05) is 12.8 Å². The number of halogens is 1. The highest BCUT2D eigenvalue weighted by atomic mass is 35.5. The quantitative estimate of drug-likeness (QED) is 0.705. The van der Waals surface area contributed by atoms with Crippen LogP contribution in [0.5, 0.6) is 0 Å². The highest BCUT2D eigenvalue weighted by Crippen LogP contribution is 2.26. The van der Waals surface area contributed by atoms with Crippen molar-refractivity contribution < 1.29 is 8.42 Å². The lowest BCUT2D eigenvalue weighted by molar-refractivity contribution is 0.334. The van der Waals surface area contributed by atoms with Crippen molar-refractivity contribution in [1.29, 1.82) is 0 Å². The SMILES string of the molecule is CC(C)S(=O)(=O)N(CCCl)C1CCCC1. The Morgan fingerprint density at radius 2 is 1.87 bits per heavy atom. The summed E-state index contributed by atoms with van der Waals surface area (Å²) < 4.78 is 25.8. The molecule has 3 nitrogen and oxygen atoms in total. The summed E-state index contributed by atoms with van der Waals surface area (Å²) in [6.07, 6.45) is 4.25. The van der Waals surface area contributed by atoms with Gasteiger partial charge in [-0.25, -0.2) is 8.42 Å². The van der Waals surface area contributed by atoms with Crippen molar-refractivity contribution in [3.05, 3.63) is 0 Å². The Labute approximate surface area is 97.8 Å². The third-order valence-corrected chi connectivity index (χ3v) is 5.45. The van der Waals surface area contributed by atoms with Crippen LogP contribution in [0.25, 0.3) is 0 Å². The number of sulfonamides is 1. The Balaban J connectivity index is 2.81. The summed E-state index contributed by atoms with van der Waals surface area (Å²) in [5.74, 6) is 0.377. The largest absolute Gasteiger partial charge is 0.216 e. The maximum Gasteiger partial charge on any atom is 0.216 e. The zero-order chi connectivity index (χ0) is 11.5. The summed E-state index contributed by atoms with van der Waals surface area (Å²) in [5.41, 5.74) is 0. The fraction of sp³-hybridized carbons (Fsp3) is 1.00. The van der Waals surface area contributed by atoms with Crippen LogP contribution in [-0.4, -0.2) is 36.4 Å². The predicted octanol–water partition coefficient (Wildman–Crippen LogP) is 2.21. The van der Waals surface area contributed by atoms with Crippen molar-refractivity contribution >= 4 is 21.6 Å². The van der Waals surface area contributed by atoms with E-state index < -0.39 is 10.0 Å². The highest BCUT2D eigenvalue weighted by Gasteiger charge is 2.33. The average molecular weight is 254 g/mol. The summed E-state index contributed by atoms with van der Waals surface area (Å²) in [7, 11) is -3.14. The van der Waals surface area contributed by atoms with Gasteiger partial charge in [0.25, 0.3) is 0 Å². The zero-order valence-electron chi connectivity index (χ0n) is 9.45. The molecule has 1 saturated carbocycles. The normalized spacial score (nSPS) is 19.3. The minimum Gasteiger partial charge on any atom is -0.212 e. The van der Waals surface area contributed by atoms with Crippen molar-refractivity contribution in [2.24, 2.45) is 0 Å². The smallest absolute Gasteiger partial charge is 0.212 e. The Kier molecular flexibility index (Phi) is 4.87. The fourth-order valence-corrected chi connectivity index (χ4v) is 3.86. The van der Waals surface area contributed by atoms with E-state index in [0.717, 1.165) is 25.7 Å². The average Bonchev–Trinajstić information content (AvgIpc) is 2.66. The molecule has 0 unspecified atom stereocenters. The van der Waals surface area contributed by atoms with E-state index in [-0.39, 0.29) is 11.3 Å². The Bertz CT molecular complexity index is 284. The van der Waals surface area contributed by atoms with Gasteiger partial charge in [0, 0.05) is 18.5 Å². The summed E-state index contributed by atoms with van der Waals surface area (Å²) in [5, 5.41) is -0.346. The minimum atomic E-state index is -3.14. The molecule has 0 bridgehead atoms. The van der Waals surface area contributed by atoms with E-state index in [4.69, 9.17) is 11.6 Å². The summed E-state index contributed by atoms with van der Waals surface area (Å²) >= 11 is 5.68. The van der Waals surface area contributed by atoms with Crippen molar-refractivity contribution in [2.45, 2.75) is 50.8 Å². The topological polar surface area (TPSA) is 37.4 Å². The molecule has 0 atom stereocenters. The second-order valence-corrected chi connectivity index (χ2v) is 7.15. The van der Waals surface area contributed by atoms with E-state index in [1.807, 2.05) is 0 Å². The van der Waals surface area contributed by atoms with Gasteiger partial charge in [-0.3, -0.25) is 0 Å². The van der Waals surface area contributed by atoms with Gasteiger partial charge in [-0.05, 0) is 26.7 Å². The number of alkyl halides is 1. The van der Waals surface area contributed by atoms with Crippen LogP contribution in [0.15, 0.2) is 0 Å². The molecule has 0 saturated heterocycles. The molecule has 1 fully saturated rings. The number of nitrogens with zero attached hydrogens (tertiary/aromatic N) is 1. The van der Waals surface area contributed by atoms with E-state index in [2.05, 4.69) is 0 Å². The second kappa shape index (κ2) is 5.51. The van der Waals surface area contributed by atoms with Crippen LogP contribution in [0.4, 0.5) is 0 Å². The molecule has 0 aromatic carbocycles. The fourth-order valence-electron chi connectivity index (χ4n) is 2.06. The molecule has 90 valence electrons. The molecule has 1 aliphatic rings. The van der Waals surface area contributed by atoms with Gasteiger partial charge in [0.05, 0.1) is 5.25 Å².